The Morgan fingerprint density at radius 2 is 1.67 bits per heavy atom. The second-order valence-corrected chi connectivity index (χ2v) is 17.5. The maximum Gasteiger partial charge on any atom is 0.416 e. The SMILES string of the molecule is C=CCOC(=O)N1c2cc(OCCCCCC(=O)N3C[C@@H](CCl)c4c3cc(OC(=O)N3CCN(C)CC3)c3ccccc43)c(OC)cc2C(=O)N2CCCC[C@H]2C1OC1CCCCO1. The third kappa shape index (κ3) is 9.63. The van der Waals surface area contributed by atoms with Crippen molar-refractivity contribution in [3.8, 4) is 17.2 Å². The summed E-state index contributed by atoms with van der Waals surface area (Å²) in [6.45, 7) is 8.22. The van der Waals surface area contributed by atoms with E-state index in [1.54, 1.807) is 26.8 Å². The summed E-state index contributed by atoms with van der Waals surface area (Å²) in [5.41, 5.74) is 2.31. The van der Waals surface area contributed by atoms with Gasteiger partial charge < -0.3 is 48.0 Å². The van der Waals surface area contributed by atoms with Gasteiger partial charge >= 0.3 is 12.2 Å². The lowest BCUT2D eigenvalue weighted by Gasteiger charge is -2.42. The van der Waals surface area contributed by atoms with E-state index < -0.39 is 30.7 Å². The molecule has 0 spiro atoms. The van der Waals surface area contributed by atoms with Gasteiger partial charge in [0.05, 0.1) is 36.7 Å². The fourth-order valence-electron chi connectivity index (χ4n) is 9.57. The van der Waals surface area contributed by atoms with E-state index in [1.807, 2.05) is 37.4 Å². The number of halogens is 1. The number of rotatable bonds is 14. The Bertz CT molecular complexity index is 2190. The van der Waals surface area contributed by atoms with Crippen LogP contribution in [0.4, 0.5) is 21.0 Å². The van der Waals surface area contributed by atoms with Crippen LogP contribution in [0, 0.1) is 0 Å². The van der Waals surface area contributed by atoms with Crippen molar-refractivity contribution in [2.45, 2.75) is 88.7 Å². The number of benzene rings is 3. The van der Waals surface area contributed by atoms with E-state index in [1.165, 1.54) is 18.1 Å². The predicted molar refractivity (Wildman–Crippen MR) is 243 cm³/mol. The number of carbonyl (C=O) groups excluding carboxylic acids is 4. The summed E-state index contributed by atoms with van der Waals surface area (Å²) in [5.74, 6) is 1.15. The number of amides is 4. The molecule has 3 aromatic rings. The maximum atomic E-state index is 14.3. The first-order valence-corrected chi connectivity index (χ1v) is 23.3. The van der Waals surface area contributed by atoms with Crippen LogP contribution in [0.5, 0.6) is 17.2 Å². The summed E-state index contributed by atoms with van der Waals surface area (Å²) in [4.78, 5) is 64.6. The van der Waals surface area contributed by atoms with Gasteiger partial charge in [-0.3, -0.25) is 9.59 Å². The van der Waals surface area contributed by atoms with Gasteiger partial charge in [-0.2, -0.15) is 0 Å². The molecular weight excluding hydrogens is 842 g/mol. The summed E-state index contributed by atoms with van der Waals surface area (Å²) in [6.07, 6.45) is 6.14. The summed E-state index contributed by atoms with van der Waals surface area (Å²) in [6, 6.07) is 12.5. The Hall–Kier alpha value is -5.09. The Labute approximate surface area is 380 Å². The zero-order chi connectivity index (χ0) is 44.7. The van der Waals surface area contributed by atoms with E-state index in [2.05, 4.69) is 11.5 Å². The average molecular weight is 902 g/mol. The maximum absolute atomic E-state index is 14.3. The molecule has 16 heteroatoms. The van der Waals surface area contributed by atoms with E-state index >= 15 is 0 Å². The number of methoxy groups -OCH3 is 1. The van der Waals surface area contributed by atoms with E-state index in [9.17, 15) is 19.2 Å². The van der Waals surface area contributed by atoms with Crippen LogP contribution >= 0.6 is 11.6 Å². The first kappa shape index (κ1) is 45.5. The fourth-order valence-corrected chi connectivity index (χ4v) is 9.82. The third-order valence-electron chi connectivity index (χ3n) is 13.0. The van der Waals surface area contributed by atoms with E-state index in [-0.39, 0.29) is 36.5 Å². The molecule has 5 heterocycles. The van der Waals surface area contributed by atoms with Crippen molar-refractivity contribution in [1.29, 1.82) is 0 Å². The number of fused-ring (bicyclic) bond motifs is 5. The number of piperazine rings is 1. The molecule has 344 valence electrons. The third-order valence-corrected chi connectivity index (χ3v) is 13.4. The number of hydrogen-bond donors (Lipinski definition) is 0. The number of hydrogen-bond acceptors (Lipinski definition) is 11. The molecule has 0 radical (unpaired) electrons. The summed E-state index contributed by atoms with van der Waals surface area (Å²) in [5, 5.41) is 1.73. The van der Waals surface area contributed by atoms with Crippen LogP contribution < -0.4 is 24.0 Å². The molecule has 0 N–H and O–H groups in total. The van der Waals surface area contributed by atoms with Gasteiger partial charge in [-0.05, 0) is 81.9 Å². The normalized spacial score (nSPS) is 22.3. The molecule has 4 amide bonds. The highest BCUT2D eigenvalue weighted by atomic mass is 35.5. The number of unbranched alkanes of at least 4 members (excludes halogenated alkanes) is 2. The molecule has 0 aliphatic carbocycles. The highest BCUT2D eigenvalue weighted by molar-refractivity contribution is 6.19. The molecule has 2 unspecified atom stereocenters. The van der Waals surface area contributed by atoms with Gasteiger partial charge in [0.25, 0.3) is 5.91 Å². The second kappa shape index (κ2) is 20.8. The van der Waals surface area contributed by atoms with Crippen molar-refractivity contribution in [2.24, 2.45) is 0 Å². The molecular formula is C48H60ClN5O10. The summed E-state index contributed by atoms with van der Waals surface area (Å²) in [7, 11) is 3.55. The van der Waals surface area contributed by atoms with Crippen molar-refractivity contribution in [3.05, 3.63) is 66.2 Å². The topological polar surface area (TPSA) is 140 Å². The molecule has 0 aromatic heterocycles. The van der Waals surface area contributed by atoms with Crippen LogP contribution in [-0.2, 0) is 19.0 Å². The minimum atomic E-state index is -0.866. The molecule has 3 fully saturated rings. The Kier molecular flexibility index (Phi) is 14.8. The highest BCUT2D eigenvalue weighted by Crippen LogP contribution is 2.46. The number of likely N-dealkylation sites (N-methyl/N-ethyl adjacent to an activating group) is 1. The Balaban J connectivity index is 0.953. The van der Waals surface area contributed by atoms with Gasteiger partial charge in [0.2, 0.25) is 5.91 Å². The van der Waals surface area contributed by atoms with Gasteiger partial charge in [-0.15, -0.1) is 11.6 Å². The molecule has 5 aliphatic rings. The standard InChI is InChI=1S/C48H60ClN5O10/c1-4-24-62-48(58)54-37-28-41(40(59-3)27-35(37)45(56)52-19-11-9-16-36(52)46(54)64-43-18-10-13-26-61-43)60-25-12-5-6-17-42(55)53-31-32(30-49)44-34-15-8-7-14-33(34)39(29-38(44)53)63-47(57)51-22-20-50(2)21-23-51/h4,7-8,14-15,27-29,32,36,43,46H,1,5-6,9-13,16-26,30-31H2,2-3H3/t32-,36+,43?,46?/m1/s1. The Morgan fingerprint density at radius 1 is 0.891 bits per heavy atom. The molecule has 15 nitrogen and oxygen atoms in total. The van der Waals surface area contributed by atoms with E-state index in [4.69, 9.17) is 40.0 Å². The average Bonchev–Trinajstić information content (AvgIpc) is 3.67. The van der Waals surface area contributed by atoms with Gasteiger partial charge in [-0.1, -0.05) is 36.9 Å². The van der Waals surface area contributed by atoms with E-state index in [0.717, 1.165) is 60.8 Å². The van der Waals surface area contributed by atoms with Crippen LogP contribution in [0.3, 0.4) is 0 Å². The van der Waals surface area contributed by atoms with Crippen LogP contribution in [0.15, 0.2) is 55.1 Å². The van der Waals surface area contributed by atoms with Crippen molar-refractivity contribution in [1.82, 2.24) is 14.7 Å². The number of nitrogens with zero attached hydrogens (tertiary/aromatic N) is 5. The van der Waals surface area contributed by atoms with Gasteiger partial charge in [0.15, 0.2) is 24.0 Å². The molecule has 8 rings (SSSR count). The summed E-state index contributed by atoms with van der Waals surface area (Å²) < 4.78 is 36.4. The zero-order valence-corrected chi connectivity index (χ0v) is 37.7. The minimum Gasteiger partial charge on any atom is -0.493 e. The van der Waals surface area contributed by atoms with Crippen molar-refractivity contribution in [3.63, 3.8) is 0 Å². The number of carbonyl (C=O) groups is 4. The monoisotopic (exact) mass is 901 g/mol. The molecule has 3 saturated heterocycles. The lowest BCUT2D eigenvalue weighted by Crippen LogP contribution is -2.57. The zero-order valence-electron chi connectivity index (χ0n) is 37.0. The van der Waals surface area contributed by atoms with Crippen LogP contribution in [0.25, 0.3) is 10.8 Å². The highest BCUT2D eigenvalue weighted by Gasteiger charge is 2.47. The van der Waals surface area contributed by atoms with E-state index in [0.29, 0.717) is 100 Å². The smallest absolute Gasteiger partial charge is 0.416 e. The van der Waals surface area contributed by atoms with Crippen molar-refractivity contribution in [2.75, 3.05) is 88.9 Å². The largest absolute Gasteiger partial charge is 0.493 e. The fraction of sp³-hybridized carbons (Fsp3) is 0.542. The van der Waals surface area contributed by atoms with Gasteiger partial charge in [0, 0.05) is 81.6 Å². The van der Waals surface area contributed by atoms with Crippen LogP contribution in [-0.4, -0.2) is 136 Å². The van der Waals surface area contributed by atoms with Gasteiger partial charge in [0.1, 0.15) is 12.4 Å². The number of piperidine rings is 1. The molecule has 0 bridgehead atoms. The molecule has 3 aromatic carbocycles. The molecule has 5 aliphatic heterocycles. The first-order chi connectivity index (χ1) is 31.2. The van der Waals surface area contributed by atoms with Crippen molar-refractivity contribution >= 4 is 57.7 Å². The molecule has 0 saturated carbocycles. The lowest BCUT2D eigenvalue weighted by atomic mass is 9.95. The minimum absolute atomic E-state index is 0.0240. The van der Waals surface area contributed by atoms with Crippen LogP contribution in [0.1, 0.15) is 86.0 Å². The van der Waals surface area contributed by atoms with Crippen molar-refractivity contribution < 1.29 is 47.6 Å². The van der Waals surface area contributed by atoms with Gasteiger partial charge in [-0.25, -0.2) is 14.5 Å². The quantitative estimate of drug-likeness (QED) is 0.0886. The predicted octanol–water partition coefficient (Wildman–Crippen LogP) is 7.91. The number of anilines is 2. The first-order valence-electron chi connectivity index (χ1n) is 22.8. The summed E-state index contributed by atoms with van der Waals surface area (Å²) >= 11 is 6.53. The van der Waals surface area contributed by atoms with Crippen LogP contribution in [0.2, 0.25) is 0 Å². The molecule has 64 heavy (non-hydrogen) atoms. The number of ether oxygens (including phenoxy) is 6. The number of alkyl halides is 1. The second-order valence-electron chi connectivity index (χ2n) is 17.2. The molecule has 4 atom stereocenters. The Morgan fingerprint density at radius 3 is 2.42 bits per heavy atom. The lowest BCUT2D eigenvalue weighted by molar-refractivity contribution is -0.198.